The van der Waals surface area contributed by atoms with Gasteiger partial charge in [0.05, 0.1) is 17.1 Å². The molecule has 0 atom stereocenters. The maximum absolute atomic E-state index is 12.9. The summed E-state index contributed by atoms with van der Waals surface area (Å²) in [6, 6.07) is 7.09. The number of benzene rings is 1. The fraction of sp³-hybridized carbons (Fsp3) is 0.444. The van der Waals surface area contributed by atoms with E-state index in [1.807, 2.05) is 24.0 Å². The Morgan fingerprint density at radius 2 is 1.85 bits per heavy atom. The van der Waals surface area contributed by atoms with Gasteiger partial charge in [0, 0.05) is 32.2 Å². The number of piperazine rings is 1. The van der Waals surface area contributed by atoms with Crippen LogP contribution in [0.1, 0.15) is 16.8 Å². The van der Waals surface area contributed by atoms with Gasteiger partial charge in [0.1, 0.15) is 0 Å². The highest BCUT2D eigenvalue weighted by molar-refractivity contribution is 7.89. The normalized spacial score (nSPS) is 16.4. The lowest BCUT2D eigenvalue weighted by Gasteiger charge is -2.33. The van der Waals surface area contributed by atoms with Gasteiger partial charge in [-0.1, -0.05) is 17.3 Å². The quantitative estimate of drug-likeness (QED) is 0.829. The first kappa shape index (κ1) is 19.5. The van der Waals surface area contributed by atoms with Gasteiger partial charge in [-0.05, 0) is 38.0 Å². The standard InChI is InChI=1S/C18H24N4O4S/c1-13-4-5-14(2)16(10-13)27(24,25)22-8-6-21(7-9-22)12-17(23)19-18-11-15(3)20-26-18/h4-5,10-11H,6-9,12H2,1-3H3,(H,19,23). The number of nitrogens with zero attached hydrogens (tertiary/aromatic N) is 3. The summed E-state index contributed by atoms with van der Waals surface area (Å²) >= 11 is 0. The van der Waals surface area contributed by atoms with Gasteiger partial charge in [0.25, 0.3) is 0 Å². The highest BCUT2D eigenvalue weighted by Crippen LogP contribution is 2.22. The van der Waals surface area contributed by atoms with Crippen LogP contribution < -0.4 is 5.32 Å². The first-order valence-corrected chi connectivity index (χ1v) is 10.2. The van der Waals surface area contributed by atoms with Gasteiger partial charge in [-0.25, -0.2) is 8.42 Å². The van der Waals surface area contributed by atoms with Crippen molar-refractivity contribution >= 4 is 21.8 Å². The second-order valence-electron chi connectivity index (χ2n) is 6.83. The smallest absolute Gasteiger partial charge is 0.243 e. The summed E-state index contributed by atoms with van der Waals surface area (Å²) in [5, 5.41) is 6.37. The number of aromatic nitrogens is 1. The van der Waals surface area contributed by atoms with Crippen LogP contribution in [0.3, 0.4) is 0 Å². The molecule has 27 heavy (non-hydrogen) atoms. The molecule has 1 N–H and O–H groups in total. The lowest BCUT2D eigenvalue weighted by atomic mass is 10.2. The fourth-order valence-corrected chi connectivity index (χ4v) is 4.79. The van der Waals surface area contributed by atoms with Crippen molar-refractivity contribution in [3.8, 4) is 0 Å². The molecule has 0 bridgehead atoms. The van der Waals surface area contributed by atoms with Gasteiger partial charge in [-0.15, -0.1) is 0 Å². The van der Waals surface area contributed by atoms with Gasteiger partial charge >= 0.3 is 0 Å². The third-order valence-corrected chi connectivity index (χ3v) is 6.59. The summed E-state index contributed by atoms with van der Waals surface area (Å²) in [4.78, 5) is 14.4. The van der Waals surface area contributed by atoms with Crippen LogP contribution in [0.15, 0.2) is 33.7 Å². The van der Waals surface area contributed by atoms with Crippen molar-refractivity contribution in [2.45, 2.75) is 25.7 Å². The molecule has 1 saturated heterocycles. The van der Waals surface area contributed by atoms with Gasteiger partial charge in [-0.2, -0.15) is 4.31 Å². The van der Waals surface area contributed by atoms with E-state index in [1.54, 1.807) is 26.0 Å². The molecule has 1 aromatic carbocycles. The van der Waals surface area contributed by atoms with Crippen molar-refractivity contribution < 1.29 is 17.7 Å². The summed E-state index contributed by atoms with van der Waals surface area (Å²) in [6.45, 7) is 7.32. The molecular weight excluding hydrogens is 368 g/mol. The molecule has 1 aliphatic heterocycles. The van der Waals surface area contributed by atoms with E-state index in [1.165, 1.54) is 4.31 Å². The average molecular weight is 392 g/mol. The molecule has 0 saturated carbocycles. The summed E-state index contributed by atoms with van der Waals surface area (Å²) in [6.07, 6.45) is 0. The predicted octanol–water partition coefficient (Wildman–Crippen LogP) is 1.54. The molecule has 0 aliphatic carbocycles. The monoisotopic (exact) mass is 392 g/mol. The average Bonchev–Trinajstić information content (AvgIpc) is 3.02. The topological polar surface area (TPSA) is 95.8 Å². The molecule has 146 valence electrons. The van der Waals surface area contributed by atoms with Crippen molar-refractivity contribution in [3.63, 3.8) is 0 Å². The van der Waals surface area contributed by atoms with Crippen LogP contribution in [-0.2, 0) is 14.8 Å². The first-order chi connectivity index (χ1) is 12.8. The number of anilines is 1. The van der Waals surface area contributed by atoms with E-state index in [9.17, 15) is 13.2 Å². The van der Waals surface area contributed by atoms with Crippen LogP contribution in [0, 0.1) is 20.8 Å². The Bertz CT molecular complexity index is 931. The van der Waals surface area contributed by atoms with Crippen molar-refractivity contribution in [2.75, 3.05) is 38.0 Å². The number of aryl methyl sites for hydroxylation is 3. The maximum Gasteiger partial charge on any atom is 0.243 e. The largest absolute Gasteiger partial charge is 0.338 e. The molecule has 0 unspecified atom stereocenters. The Balaban J connectivity index is 1.58. The van der Waals surface area contributed by atoms with E-state index in [-0.39, 0.29) is 12.5 Å². The molecule has 9 heteroatoms. The number of carbonyl (C=O) groups is 1. The van der Waals surface area contributed by atoms with Gasteiger partial charge < -0.3 is 4.52 Å². The Morgan fingerprint density at radius 1 is 1.15 bits per heavy atom. The van der Waals surface area contributed by atoms with E-state index in [2.05, 4.69) is 10.5 Å². The Morgan fingerprint density at radius 3 is 2.48 bits per heavy atom. The van der Waals surface area contributed by atoms with E-state index in [4.69, 9.17) is 4.52 Å². The number of rotatable bonds is 5. The van der Waals surface area contributed by atoms with Crippen molar-refractivity contribution in [1.29, 1.82) is 0 Å². The van der Waals surface area contributed by atoms with Crippen LogP contribution in [0.2, 0.25) is 0 Å². The molecule has 1 aliphatic rings. The molecule has 2 aromatic rings. The number of carbonyl (C=O) groups excluding carboxylic acids is 1. The zero-order valence-corrected chi connectivity index (χ0v) is 16.5. The summed E-state index contributed by atoms with van der Waals surface area (Å²) in [5.41, 5.74) is 2.34. The second kappa shape index (κ2) is 7.79. The number of sulfonamides is 1. The van der Waals surface area contributed by atoms with Crippen LogP contribution in [0.4, 0.5) is 5.88 Å². The van der Waals surface area contributed by atoms with Gasteiger partial charge in [0.15, 0.2) is 0 Å². The lowest BCUT2D eigenvalue weighted by Crippen LogP contribution is -2.50. The summed E-state index contributed by atoms with van der Waals surface area (Å²) in [7, 11) is -3.53. The van der Waals surface area contributed by atoms with Crippen LogP contribution in [0.5, 0.6) is 0 Å². The molecule has 3 rings (SSSR count). The molecule has 8 nitrogen and oxygen atoms in total. The summed E-state index contributed by atoms with van der Waals surface area (Å²) in [5.74, 6) is 0.102. The minimum Gasteiger partial charge on any atom is -0.338 e. The molecule has 1 aromatic heterocycles. The van der Waals surface area contributed by atoms with Crippen LogP contribution in [-0.4, -0.2) is 61.4 Å². The SMILES string of the molecule is Cc1ccc(C)c(S(=O)(=O)N2CCN(CC(=O)Nc3cc(C)no3)CC2)c1. The van der Waals surface area contributed by atoms with Crippen molar-refractivity contribution in [1.82, 2.24) is 14.4 Å². The molecule has 0 spiro atoms. The number of hydrogen-bond donors (Lipinski definition) is 1. The zero-order valence-electron chi connectivity index (χ0n) is 15.7. The molecule has 2 heterocycles. The maximum atomic E-state index is 12.9. The molecule has 0 radical (unpaired) electrons. The predicted molar refractivity (Wildman–Crippen MR) is 101 cm³/mol. The highest BCUT2D eigenvalue weighted by Gasteiger charge is 2.30. The fourth-order valence-electron chi connectivity index (χ4n) is 3.05. The molecule has 1 fully saturated rings. The number of amides is 1. The number of nitrogens with one attached hydrogen (secondary N) is 1. The Labute approximate surface area is 159 Å². The molecule has 1 amide bonds. The lowest BCUT2D eigenvalue weighted by molar-refractivity contribution is -0.117. The van der Waals surface area contributed by atoms with Gasteiger partial charge in [-0.3, -0.25) is 15.0 Å². The Kier molecular flexibility index (Phi) is 5.64. The van der Waals surface area contributed by atoms with Gasteiger partial charge in [0.2, 0.25) is 21.8 Å². The van der Waals surface area contributed by atoms with Crippen molar-refractivity contribution in [2.24, 2.45) is 0 Å². The zero-order chi connectivity index (χ0) is 19.6. The third-order valence-electron chi connectivity index (χ3n) is 4.55. The number of hydrogen-bond acceptors (Lipinski definition) is 6. The van der Waals surface area contributed by atoms with E-state index >= 15 is 0 Å². The van der Waals surface area contributed by atoms with Crippen molar-refractivity contribution in [3.05, 3.63) is 41.1 Å². The highest BCUT2D eigenvalue weighted by atomic mass is 32.2. The van der Waals surface area contributed by atoms with E-state index < -0.39 is 10.0 Å². The third kappa shape index (κ3) is 4.55. The minimum absolute atomic E-state index is 0.178. The van der Waals surface area contributed by atoms with Crippen LogP contribution in [0.25, 0.3) is 0 Å². The summed E-state index contributed by atoms with van der Waals surface area (Å²) < 4.78 is 32.3. The van der Waals surface area contributed by atoms with Crippen LogP contribution >= 0.6 is 0 Å². The second-order valence-corrected chi connectivity index (χ2v) is 8.74. The first-order valence-electron chi connectivity index (χ1n) is 8.78. The van der Waals surface area contributed by atoms with E-state index in [0.29, 0.717) is 42.7 Å². The molecular formula is C18H24N4O4S. The van der Waals surface area contributed by atoms with E-state index in [0.717, 1.165) is 11.1 Å². The minimum atomic E-state index is -3.53. The Hall–Kier alpha value is -2.23.